The molecule has 0 aliphatic carbocycles. The molecular formula is C22H17NO2. The third kappa shape index (κ3) is 2.92. The van der Waals surface area contributed by atoms with Crippen LogP contribution in [0.15, 0.2) is 91.3 Å². The van der Waals surface area contributed by atoms with E-state index in [1.807, 2.05) is 48.7 Å². The van der Waals surface area contributed by atoms with Crippen LogP contribution in [0.5, 0.6) is 0 Å². The van der Waals surface area contributed by atoms with Gasteiger partial charge in [0.05, 0.1) is 11.6 Å². The fraction of sp³-hybridized carbons (Fsp3) is 0.0455. The standard InChI is InChI=1S/C22H17NO2/c24-22(25)18-11-12-19-14-23(15-20(19)13-18)21(16-7-3-1-4-8-16)17-9-5-2-6-10-17/h1-15,21H,(H,24,25). The molecule has 0 unspecified atom stereocenters. The number of hydrogen-bond donors (Lipinski definition) is 1. The van der Waals surface area contributed by atoms with Gasteiger partial charge in [0, 0.05) is 17.8 Å². The second kappa shape index (κ2) is 6.29. The highest BCUT2D eigenvalue weighted by Gasteiger charge is 2.16. The van der Waals surface area contributed by atoms with Crippen LogP contribution in [0.4, 0.5) is 0 Å². The molecule has 25 heavy (non-hydrogen) atoms. The summed E-state index contributed by atoms with van der Waals surface area (Å²) in [5.74, 6) is -0.905. The Morgan fingerprint density at radius 3 is 1.88 bits per heavy atom. The quantitative estimate of drug-likeness (QED) is 0.574. The van der Waals surface area contributed by atoms with Crippen LogP contribution in [0.3, 0.4) is 0 Å². The predicted molar refractivity (Wildman–Crippen MR) is 99.0 cm³/mol. The SMILES string of the molecule is O=C(O)c1ccc2cn(C(c3ccccc3)c3ccccc3)cc2c1. The molecule has 3 heteroatoms. The van der Waals surface area contributed by atoms with Crippen molar-refractivity contribution >= 4 is 16.7 Å². The van der Waals surface area contributed by atoms with Crippen LogP contribution in [0.1, 0.15) is 27.5 Å². The fourth-order valence-corrected chi connectivity index (χ4v) is 3.25. The molecule has 0 saturated heterocycles. The third-order valence-corrected chi connectivity index (χ3v) is 4.44. The molecule has 0 aliphatic heterocycles. The molecule has 0 radical (unpaired) electrons. The molecule has 4 rings (SSSR count). The largest absolute Gasteiger partial charge is 0.478 e. The van der Waals surface area contributed by atoms with Gasteiger partial charge in [-0.25, -0.2) is 4.79 Å². The van der Waals surface area contributed by atoms with Gasteiger partial charge in [0.1, 0.15) is 0 Å². The Morgan fingerprint density at radius 2 is 1.32 bits per heavy atom. The van der Waals surface area contributed by atoms with Crippen molar-refractivity contribution in [2.24, 2.45) is 0 Å². The number of aromatic carboxylic acids is 1. The first-order valence-corrected chi connectivity index (χ1v) is 8.17. The summed E-state index contributed by atoms with van der Waals surface area (Å²) in [4.78, 5) is 11.2. The maximum Gasteiger partial charge on any atom is 0.335 e. The molecular weight excluding hydrogens is 310 g/mol. The molecule has 0 saturated carbocycles. The number of nitrogens with zero attached hydrogens (tertiary/aromatic N) is 1. The lowest BCUT2D eigenvalue weighted by Gasteiger charge is -2.20. The summed E-state index contributed by atoms with van der Waals surface area (Å²) >= 11 is 0. The first-order chi connectivity index (χ1) is 12.2. The van der Waals surface area contributed by atoms with Crippen LogP contribution in [0, 0.1) is 0 Å². The molecule has 1 aromatic heterocycles. The molecule has 1 N–H and O–H groups in total. The van der Waals surface area contributed by atoms with Gasteiger partial charge >= 0.3 is 5.97 Å². The molecule has 0 amide bonds. The number of benzene rings is 3. The maximum absolute atomic E-state index is 11.2. The van der Waals surface area contributed by atoms with E-state index in [-0.39, 0.29) is 6.04 Å². The highest BCUT2D eigenvalue weighted by atomic mass is 16.4. The van der Waals surface area contributed by atoms with Gasteiger partial charge in [-0.05, 0) is 28.6 Å². The zero-order chi connectivity index (χ0) is 17.2. The smallest absolute Gasteiger partial charge is 0.335 e. The monoisotopic (exact) mass is 327 g/mol. The second-order valence-electron chi connectivity index (χ2n) is 6.08. The van der Waals surface area contributed by atoms with Gasteiger partial charge in [0.15, 0.2) is 0 Å². The average molecular weight is 327 g/mol. The minimum Gasteiger partial charge on any atom is -0.478 e. The summed E-state index contributed by atoms with van der Waals surface area (Å²) in [6, 6.07) is 25.9. The van der Waals surface area contributed by atoms with Crippen LogP contribution in [0.25, 0.3) is 10.8 Å². The highest BCUT2D eigenvalue weighted by molar-refractivity contribution is 5.94. The van der Waals surface area contributed by atoms with E-state index in [1.54, 1.807) is 12.1 Å². The summed E-state index contributed by atoms with van der Waals surface area (Å²) in [5, 5.41) is 11.2. The number of hydrogen-bond acceptors (Lipinski definition) is 1. The van der Waals surface area contributed by atoms with E-state index in [0.29, 0.717) is 5.56 Å². The van der Waals surface area contributed by atoms with Crippen molar-refractivity contribution in [3.8, 4) is 0 Å². The lowest BCUT2D eigenvalue weighted by molar-refractivity contribution is 0.0697. The Kier molecular flexibility index (Phi) is 3.82. The Hall–Kier alpha value is -3.33. The van der Waals surface area contributed by atoms with Crippen molar-refractivity contribution in [1.82, 2.24) is 4.57 Å². The minimum atomic E-state index is -0.905. The molecule has 0 fully saturated rings. The van der Waals surface area contributed by atoms with Crippen molar-refractivity contribution in [2.45, 2.75) is 6.04 Å². The van der Waals surface area contributed by atoms with E-state index in [9.17, 15) is 9.90 Å². The number of fused-ring (bicyclic) bond motifs is 1. The number of aromatic nitrogens is 1. The number of rotatable bonds is 4. The predicted octanol–water partition coefficient (Wildman–Crippen LogP) is 4.98. The summed E-state index contributed by atoms with van der Waals surface area (Å²) in [5.41, 5.74) is 2.68. The van der Waals surface area contributed by atoms with Gasteiger partial charge in [0.2, 0.25) is 0 Å². The third-order valence-electron chi connectivity index (χ3n) is 4.44. The molecule has 0 bridgehead atoms. The van der Waals surface area contributed by atoms with Gasteiger partial charge < -0.3 is 9.67 Å². The van der Waals surface area contributed by atoms with Crippen molar-refractivity contribution in [2.75, 3.05) is 0 Å². The summed E-state index contributed by atoms with van der Waals surface area (Å²) in [6.45, 7) is 0. The number of carboxylic acids is 1. The highest BCUT2D eigenvalue weighted by Crippen LogP contribution is 2.29. The summed E-state index contributed by atoms with van der Waals surface area (Å²) < 4.78 is 2.15. The topological polar surface area (TPSA) is 42.2 Å². The molecule has 4 aromatic rings. The molecule has 0 aliphatic rings. The van der Waals surface area contributed by atoms with Gasteiger partial charge in [-0.2, -0.15) is 0 Å². The van der Waals surface area contributed by atoms with Gasteiger partial charge in [-0.1, -0.05) is 66.7 Å². The van der Waals surface area contributed by atoms with Crippen molar-refractivity contribution in [3.05, 3.63) is 108 Å². The first-order valence-electron chi connectivity index (χ1n) is 8.17. The van der Waals surface area contributed by atoms with Crippen molar-refractivity contribution < 1.29 is 9.90 Å². The van der Waals surface area contributed by atoms with Gasteiger partial charge in [-0.3, -0.25) is 0 Å². The van der Waals surface area contributed by atoms with Crippen LogP contribution in [-0.2, 0) is 0 Å². The Morgan fingerprint density at radius 1 is 0.760 bits per heavy atom. The molecule has 3 nitrogen and oxygen atoms in total. The van der Waals surface area contributed by atoms with Crippen LogP contribution >= 0.6 is 0 Å². The van der Waals surface area contributed by atoms with Crippen molar-refractivity contribution in [3.63, 3.8) is 0 Å². The minimum absolute atomic E-state index is 0.0445. The zero-order valence-electron chi connectivity index (χ0n) is 13.5. The molecule has 1 heterocycles. The first kappa shape index (κ1) is 15.2. The lowest BCUT2D eigenvalue weighted by Crippen LogP contribution is -2.10. The maximum atomic E-state index is 11.2. The van der Waals surface area contributed by atoms with Crippen molar-refractivity contribution in [1.29, 1.82) is 0 Å². The Balaban J connectivity index is 1.87. The van der Waals surface area contributed by atoms with Crippen LogP contribution in [-0.4, -0.2) is 15.6 Å². The molecule has 0 atom stereocenters. The van der Waals surface area contributed by atoms with Crippen LogP contribution in [0.2, 0.25) is 0 Å². The second-order valence-corrected chi connectivity index (χ2v) is 6.08. The summed E-state index contributed by atoms with van der Waals surface area (Å²) in [7, 11) is 0. The molecule has 122 valence electrons. The number of carboxylic acid groups (broad SMARTS) is 1. The molecule has 3 aromatic carbocycles. The van der Waals surface area contributed by atoms with E-state index in [4.69, 9.17) is 0 Å². The Labute approximate surface area is 145 Å². The van der Waals surface area contributed by atoms with E-state index in [0.717, 1.165) is 10.8 Å². The van der Waals surface area contributed by atoms with Crippen LogP contribution < -0.4 is 0 Å². The normalized spacial score (nSPS) is 11.1. The molecule has 0 spiro atoms. The van der Waals surface area contributed by atoms with E-state index in [2.05, 4.69) is 35.0 Å². The average Bonchev–Trinajstić information content (AvgIpc) is 3.06. The van der Waals surface area contributed by atoms with E-state index < -0.39 is 5.97 Å². The Bertz CT molecular complexity index is 980. The zero-order valence-corrected chi connectivity index (χ0v) is 13.5. The lowest BCUT2D eigenvalue weighted by atomic mass is 9.98. The van der Waals surface area contributed by atoms with Gasteiger partial charge in [-0.15, -0.1) is 0 Å². The fourth-order valence-electron chi connectivity index (χ4n) is 3.25. The number of carbonyl (C=O) groups is 1. The van der Waals surface area contributed by atoms with E-state index in [1.165, 1.54) is 11.1 Å². The van der Waals surface area contributed by atoms with E-state index >= 15 is 0 Å². The van der Waals surface area contributed by atoms with Gasteiger partial charge in [0.25, 0.3) is 0 Å². The summed E-state index contributed by atoms with van der Waals surface area (Å²) in [6.07, 6.45) is 4.10.